The van der Waals surface area contributed by atoms with Gasteiger partial charge >= 0.3 is 0 Å². The lowest BCUT2D eigenvalue weighted by molar-refractivity contribution is 0.350. The SMILES string of the molecule is C#C/C=C/CCCCC#CCCCCC#CCCCC#CCO. The molecule has 0 saturated heterocycles. The van der Waals surface area contributed by atoms with E-state index < -0.39 is 0 Å². The van der Waals surface area contributed by atoms with E-state index in [-0.39, 0.29) is 6.61 Å². The van der Waals surface area contributed by atoms with Gasteiger partial charge in [-0.3, -0.25) is 0 Å². The quantitative estimate of drug-likeness (QED) is 0.492. The molecule has 1 N–H and O–H groups in total. The molecule has 0 bridgehead atoms. The van der Waals surface area contributed by atoms with Crippen LogP contribution in [0.3, 0.4) is 0 Å². The van der Waals surface area contributed by atoms with Gasteiger partial charge in [0.2, 0.25) is 0 Å². The molecular weight excluding hydrogens is 280 g/mol. The molecule has 0 aliphatic rings. The lowest BCUT2D eigenvalue weighted by atomic mass is 10.1. The maximum Gasteiger partial charge on any atom is 0.104 e. The minimum Gasteiger partial charge on any atom is -0.384 e. The van der Waals surface area contributed by atoms with Gasteiger partial charge in [0.15, 0.2) is 0 Å². The van der Waals surface area contributed by atoms with E-state index in [0.717, 1.165) is 70.6 Å². The predicted octanol–water partition coefficient (Wildman–Crippen LogP) is 4.47. The van der Waals surface area contributed by atoms with Gasteiger partial charge in [-0.1, -0.05) is 17.9 Å². The summed E-state index contributed by atoms with van der Waals surface area (Å²) in [5.41, 5.74) is 0. The monoisotopic (exact) mass is 308 g/mol. The number of rotatable bonds is 9. The van der Waals surface area contributed by atoms with Crippen LogP contribution in [0.4, 0.5) is 0 Å². The van der Waals surface area contributed by atoms with Crippen molar-refractivity contribution in [2.45, 2.75) is 70.6 Å². The molecule has 1 heteroatoms. The minimum absolute atomic E-state index is 0.0432. The van der Waals surface area contributed by atoms with Crippen LogP contribution in [0.2, 0.25) is 0 Å². The van der Waals surface area contributed by atoms with Crippen LogP contribution in [0.15, 0.2) is 12.2 Å². The Morgan fingerprint density at radius 2 is 1.13 bits per heavy atom. The minimum atomic E-state index is -0.0432. The van der Waals surface area contributed by atoms with Crippen molar-refractivity contribution in [1.82, 2.24) is 0 Å². The van der Waals surface area contributed by atoms with Crippen molar-refractivity contribution in [2.24, 2.45) is 0 Å². The molecule has 0 heterocycles. The Kier molecular flexibility index (Phi) is 18.2. The van der Waals surface area contributed by atoms with Gasteiger partial charge in [0, 0.05) is 32.1 Å². The van der Waals surface area contributed by atoms with Crippen molar-refractivity contribution in [2.75, 3.05) is 6.61 Å². The van der Waals surface area contributed by atoms with E-state index in [4.69, 9.17) is 11.5 Å². The number of aliphatic hydroxyl groups excluding tert-OH is 1. The second-order valence-electron chi connectivity index (χ2n) is 5.09. The zero-order valence-electron chi connectivity index (χ0n) is 14.2. The van der Waals surface area contributed by atoms with Gasteiger partial charge in [-0.05, 0) is 44.6 Å². The molecule has 0 spiro atoms. The number of allylic oxidation sites excluding steroid dienone is 2. The Hall–Kier alpha value is -2.06. The van der Waals surface area contributed by atoms with Gasteiger partial charge < -0.3 is 5.11 Å². The number of aliphatic hydroxyl groups is 1. The summed E-state index contributed by atoms with van der Waals surface area (Å²) in [6.45, 7) is -0.0432. The van der Waals surface area contributed by atoms with Crippen LogP contribution in [-0.2, 0) is 0 Å². The Labute approximate surface area is 143 Å². The first-order valence-electron chi connectivity index (χ1n) is 8.51. The highest BCUT2D eigenvalue weighted by atomic mass is 16.2. The first-order valence-corrected chi connectivity index (χ1v) is 8.51. The van der Waals surface area contributed by atoms with Crippen molar-refractivity contribution in [1.29, 1.82) is 0 Å². The summed E-state index contributed by atoms with van der Waals surface area (Å²) in [6.07, 6.45) is 20.2. The highest BCUT2D eigenvalue weighted by molar-refractivity contribution is 5.08. The van der Waals surface area contributed by atoms with Crippen molar-refractivity contribution < 1.29 is 5.11 Å². The summed E-state index contributed by atoms with van der Waals surface area (Å²) in [7, 11) is 0. The summed E-state index contributed by atoms with van der Waals surface area (Å²) in [4.78, 5) is 0. The number of unbranched alkanes of at least 4 members (excludes halogenated alkanes) is 8. The molecule has 0 aromatic carbocycles. The van der Waals surface area contributed by atoms with E-state index in [0.29, 0.717) is 0 Å². The largest absolute Gasteiger partial charge is 0.384 e. The lowest BCUT2D eigenvalue weighted by Crippen LogP contribution is -1.76. The fourth-order valence-corrected chi connectivity index (χ4v) is 1.82. The van der Waals surface area contributed by atoms with Crippen LogP contribution in [-0.4, -0.2) is 11.7 Å². The van der Waals surface area contributed by atoms with Crippen LogP contribution < -0.4 is 0 Å². The van der Waals surface area contributed by atoms with Crippen LogP contribution >= 0.6 is 0 Å². The zero-order chi connectivity index (χ0) is 16.8. The standard InChI is InChI=1S/C22H28O/c1-2-3-4-5-6-7-8-9-10-11-12-13-14-15-16-17-18-19-20-21-22-23/h1,3-4,23H,5-8,11-14,17-19,22H2/b4-3+. The van der Waals surface area contributed by atoms with Crippen LogP contribution in [0, 0.1) is 47.9 Å². The van der Waals surface area contributed by atoms with Crippen molar-refractivity contribution >= 4 is 0 Å². The molecule has 0 unspecified atom stereocenters. The van der Waals surface area contributed by atoms with E-state index in [1.54, 1.807) is 6.08 Å². The van der Waals surface area contributed by atoms with Gasteiger partial charge in [0.1, 0.15) is 6.61 Å². The van der Waals surface area contributed by atoms with Crippen molar-refractivity contribution in [3.05, 3.63) is 12.2 Å². The van der Waals surface area contributed by atoms with Gasteiger partial charge in [-0.25, -0.2) is 0 Å². The van der Waals surface area contributed by atoms with Crippen molar-refractivity contribution in [3.63, 3.8) is 0 Å². The highest BCUT2D eigenvalue weighted by Crippen LogP contribution is 2.01. The number of hydrogen-bond acceptors (Lipinski definition) is 1. The Bertz CT molecular complexity index is 514. The first kappa shape index (κ1) is 20.9. The van der Waals surface area contributed by atoms with E-state index in [9.17, 15) is 0 Å². The van der Waals surface area contributed by atoms with Crippen molar-refractivity contribution in [3.8, 4) is 47.9 Å². The summed E-state index contributed by atoms with van der Waals surface area (Å²) in [6, 6.07) is 0. The molecule has 0 saturated carbocycles. The Morgan fingerprint density at radius 3 is 1.65 bits per heavy atom. The number of terminal acetylenes is 1. The van der Waals surface area contributed by atoms with Crippen LogP contribution in [0.1, 0.15) is 70.6 Å². The second-order valence-corrected chi connectivity index (χ2v) is 5.09. The average molecular weight is 308 g/mol. The van der Waals surface area contributed by atoms with E-state index in [1.807, 2.05) is 6.08 Å². The third-order valence-electron chi connectivity index (χ3n) is 3.05. The third-order valence-corrected chi connectivity index (χ3v) is 3.05. The summed E-state index contributed by atoms with van der Waals surface area (Å²) < 4.78 is 0. The Morgan fingerprint density at radius 1 is 0.652 bits per heavy atom. The first-order chi connectivity index (χ1) is 11.4. The molecule has 0 aromatic rings. The molecule has 1 nitrogen and oxygen atoms in total. The fraction of sp³-hybridized carbons (Fsp3) is 0.545. The molecule has 0 fully saturated rings. The molecule has 0 aliphatic carbocycles. The molecule has 0 radical (unpaired) electrons. The Balaban J connectivity index is 3.32. The number of hydrogen-bond donors (Lipinski definition) is 1. The van der Waals surface area contributed by atoms with Gasteiger partial charge in [0.05, 0.1) is 0 Å². The van der Waals surface area contributed by atoms with E-state index in [1.165, 1.54) is 0 Å². The topological polar surface area (TPSA) is 20.2 Å². The normalized spacial score (nSPS) is 9.04. The second kappa shape index (κ2) is 19.9. The van der Waals surface area contributed by atoms with Crippen LogP contribution in [0.25, 0.3) is 0 Å². The molecule has 0 amide bonds. The summed E-state index contributed by atoms with van der Waals surface area (Å²) in [5, 5.41) is 8.49. The fourth-order valence-electron chi connectivity index (χ4n) is 1.82. The maximum atomic E-state index is 8.49. The molecular formula is C22H28O. The van der Waals surface area contributed by atoms with Gasteiger partial charge in [-0.2, -0.15) is 0 Å². The molecule has 23 heavy (non-hydrogen) atoms. The highest BCUT2D eigenvalue weighted by Gasteiger charge is 1.85. The lowest BCUT2D eigenvalue weighted by Gasteiger charge is -1.91. The predicted molar refractivity (Wildman–Crippen MR) is 99.2 cm³/mol. The third kappa shape index (κ3) is 19.9. The summed E-state index contributed by atoms with van der Waals surface area (Å²) in [5.74, 6) is 20.9. The van der Waals surface area contributed by atoms with Gasteiger partial charge in [-0.15, -0.1) is 36.0 Å². The summed E-state index contributed by atoms with van der Waals surface area (Å²) >= 11 is 0. The maximum absolute atomic E-state index is 8.49. The zero-order valence-corrected chi connectivity index (χ0v) is 14.2. The smallest absolute Gasteiger partial charge is 0.104 e. The average Bonchev–Trinajstić information content (AvgIpc) is 2.57. The molecule has 0 aliphatic heterocycles. The van der Waals surface area contributed by atoms with Crippen LogP contribution in [0.5, 0.6) is 0 Å². The molecule has 0 atom stereocenters. The van der Waals surface area contributed by atoms with E-state index in [2.05, 4.69) is 41.4 Å². The van der Waals surface area contributed by atoms with Gasteiger partial charge in [0.25, 0.3) is 0 Å². The molecule has 0 aromatic heterocycles. The molecule has 0 rings (SSSR count). The molecule has 122 valence electrons. The van der Waals surface area contributed by atoms with E-state index >= 15 is 0 Å².